The Hall–Kier alpha value is -1.00. The lowest BCUT2D eigenvalue weighted by atomic mass is 9.88. The Morgan fingerprint density at radius 3 is 2.88 bits per heavy atom. The van der Waals surface area contributed by atoms with Crippen molar-refractivity contribution < 1.29 is 18.6 Å². The van der Waals surface area contributed by atoms with Crippen LogP contribution in [-0.2, 0) is 11.2 Å². The van der Waals surface area contributed by atoms with Gasteiger partial charge in [-0.3, -0.25) is 0 Å². The number of aliphatic hydroxyl groups is 1. The van der Waals surface area contributed by atoms with Gasteiger partial charge in [0.05, 0.1) is 11.7 Å². The van der Waals surface area contributed by atoms with E-state index in [1.165, 1.54) is 0 Å². The molecule has 0 aliphatic carbocycles. The van der Waals surface area contributed by atoms with Crippen molar-refractivity contribution in [1.29, 1.82) is 0 Å². The smallest absolute Gasteiger partial charge is 0.126 e. The van der Waals surface area contributed by atoms with Gasteiger partial charge in [0.1, 0.15) is 11.6 Å². The summed E-state index contributed by atoms with van der Waals surface area (Å²) in [4.78, 5) is 0. The minimum absolute atomic E-state index is 0.0811. The largest absolute Gasteiger partial charge is 0.387 e. The van der Waals surface area contributed by atoms with E-state index >= 15 is 0 Å². The summed E-state index contributed by atoms with van der Waals surface area (Å²) in [5, 5.41) is 10.2. The minimum Gasteiger partial charge on any atom is -0.387 e. The summed E-state index contributed by atoms with van der Waals surface area (Å²) in [6.07, 6.45) is 0.178. The topological polar surface area (TPSA) is 29.5 Å². The summed E-state index contributed by atoms with van der Waals surface area (Å²) >= 11 is 0. The maximum atomic E-state index is 13.4. The van der Waals surface area contributed by atoms with E-state index in [0.717, 1.165) is 18.2 Å². The van der Waals surface area contributed by atoms with Gasteiger partial charge in [-0.25, -0.2) is 8.78 Å². The van der Waals surface area contributed by atoms with Crippen LogP contribution < -0.4 is 0 Å². The van der Waals surface area contributed by atoms with Crippen molar-refractivity contribution in [2.24, 2.45) is 0 Å². The standard InChI is InChI=1S/C12H14F2O2/c1-8-12(15,4-5-16-8)7-9-6-10(13)2-3-11(9)14/h2-3,6,8,15H,4-5,7H2,1H3. The maximum absolute atomic E-state index is 13.4. The third-order valence-corrected chi connectivity index (χ3v) is 3.16. The number of halogens is 2. The Kier molecular flexibility index (Phi) is 2.95. The molecule has 2 nitrogen and oxygen atoms in total. The van der Waals surface area contributed by atoms with Gasteiger partial charge in [-0.15, -0.1) is 0 Å². The number of rotatable bonds is 2. The molecule has 0 saturated carbocycles. The molecule has 1 aliphatic rings. The van der Waals surface area contributed by atoms with E-state index in [2.05, 4.69) is 0 Å². The van der Waals surface area contributed by atoms with Crippen LogP contribution >= 0.6 is 0 Å². The molecule has 2 rings (SSSR count). The normalized spacial score (nSPS) is 29.6. The van der Waals surface area contributed by atoms with Gasteiger partial charge in [0, 0.05) is 19.4 Å². The molecular formula is C12H14F2O2. The molecule has 1 saturated heterocycles. The van der Waals surface area contributed by atoms with Crippen molar-refractivity contribution in [2.75, 3.05) is 6.61 Å². The first-order valence-electron chi connectivity index (χ1n) is 5.29. The molecular weight excluding hydrogens is 214 g/mol. The van der Waals surface area contributed by atoms with Crippen molar-refractivity contribution in [3.8, 4) is 0 Å². The number of hydrogen-bond donors (Lipinski definition) is 1. The third-order valence-electron chi connectivity index (χ3n) is 3.16. The van der Waals surface area contributed by atoms with Gasteiger partial charge in [-0.05, 0) is 30.7 Å². The van der Waals surface area contributed by atoms with Gasteiger partial charge in [-0.2, -0.15) is 0 Å². The molecule has 1 N–H and O–H groups in total. The summed E-state index contributed by atoms with van der Waals surface area (Å²) < 4.78 is 31.6. The van der Waals surface area contributed by atoms with Crippen LogP contribution in [0.4, 0.5) is 8.78 Å². The first kappa shape index (κ1) is 11.5. The van der Waals surface area contributed by atoms with Crippen LogP contribution in [0.3, 0.4) is 0 Å². The lowest BCUT2D eigenvalue weighted by molar-refractivity contribution is -0.0273. The highest BCUT2D eigenvalue weighted by Crippen LogP contribution is 2.30. The summed E-state index contributed by atoms with van der Waals surface area (Å²) in [7, 11) is 0. The fourth-order valence-electron chi connectivity index (χ4n) is 2.01. The van der Waals surface area contributed by atoms with Crippen molar-refractivity contribution in [3.63, 3.8) is 0 Å². The second-order valence-corrected chi connectivity index (χ2v) is 4.28. The zero-order valence-corrected chi connectivity index (χ0v) is 9.04. The Labute approximate surface area is 92.9 Å². The fourth-order valence-corrected chi connectivity index (χ4v) is 2.01. The van der Waals surface area contributed by atoms with E-state index < -0.39 is 17.2 Å². The van der Waals surface area contributed by atoms with E-state index in [-0.39, 0.29) is 18.1 Å². The highest BCUT2D eigenvalue weighted by Gasteiger charge is 2.40. The third kappa shape index (κ3) is 2.08. The second-order valence-electron chi connectivity index (χ2n) is 4.28. The monoisotopic (exact) mass is 228 g/mol. The molecule has 1 aliphatic heterocycles. The predicted molar refractivity (Wildman–Crippen MR) is 55.0 cm³/mol. The van der Waals surface area contributed by atoms with E-state index in [1.807, 2.05) is 0 Å². The molecule has 4 heteroatoms. The molecule has 2 unspecified atom stereocenters. The maximum Gasteiger partial charge on any atom is 0.126 e. The Bertz CT molecular complexity index is 395. The summed E-state index contributed by atoms with van der Waals surface area (Å²) in [5.74, 6) is -0.986. The van der Waals surface area contributed by atoms with Crippen LogP contribution in [0.1, 0.15) is 18.9 Å². The summed E-state index contributed by atoms with van der Waals surface area (Å²) in [6.45, 7) is 2.19. The molecule has 1 aromatic carbocycles. The predicted octanol–water partition coefficient (Wildman–Crippen LogP) is 2.05. The average molecular weight is 228 g/mol. The van der Waals surface area contributed by atoms with Gasteiger partial charge >= 0.3 is 0 Å². The zero-order chi connectivity index (χ0) is 11.8. The lowest BCUT2D eigenvalue weighted by Gasteiger charge is -2.26. The van der Waals surface area contributed by atoms with Crippen LogP contribution in [-0.4, -0.2) is 23.4 Å². The molecule has 1 fully saturated rings. The molecule has 1 aromatic rings. The van der Waals surface area contributed by atoms with Gasteiger partial charge in [0.2, 0.25) is 0 Å². The summed E-state index contributed by atoms with van der Waals surface area (Å²) in [5.41, 5.74) is -0.894. The van der Waals surface area contributed by atoms with E-state index in [1.54, 1.807) is 6.92 Å². The molecule has 88 valence electrons. The minimum atomic E-state index is -1.09. The SMILES string of the molecule is CC1OCCC1(O)Cc1cc(F)ccc1F. The van der Waals surface area contributed by atoms with Gasteiger partial charge in [0.25, 0.3) is 0 Å². The van der Waals surface area contributed by atoms with E-state index in [9.17, 15) is 13.9 Å². The van der Waals surface area contributed by atoms with Gasteiger partial charge in [-0.1, -0.05) is 0 Å². The van der Waals surface area contributed by atoms with Gasteiger partial charge < -0.3 is 9.84 Å². The Balaban J connectivity index is 2.23. The highest BCUT2D eigenvalue weighted by molar-refractivity contribution is 5.21. The van der Waals surface area contributed by atoms with E-state index in [0.29, 0.717) is 13.0 Å². The number of hydrogen-bond acceptors (Lipinski definition) is 2. The Morgan fingerprint density at radius 1 is 1.50 bits per heavy atom. The van der Waals surface area contributed by atoms with Crippen LogP contribution in [0.15, 0.2) is 18.2 Å². The summed E-state index contributed by atoms with van der Waals surface area (Å²) in [6, 6.07) is 3.27. The molecule has 0 spiro atoms. The van der Waals surface area contributed by atoms with Crippen molar-refractivity contribution >= 4 is 0 Å². The number of benzene rings is 1. The van der Waals surface area contributed by atoms with Crippen LogP contribution in [0, 0.1) is 11.6 Å². The first-order chi connectivity index (χ1) is 7.51. The number of ether oxygens (including phenoxy) is 1. The fraction of sp³-hybridized carbons (Fsp3) is 0.500. The Morgan fingerprint density at radius 2 is 2.25 bits per heavy atom. The molecule has 16 heavy (non-hydrogen) atoms. The molecule has 0 aromatic heterocycles. The molecule has 0 radical (unpaired) electrons. The van der Waals surface area contributed by atoms with Crippen LogP contribution in [0.5, 0.6) is 0 Å². The molecule has 1 heterocycles. The van der Waals surface area contributed by atoms with Crippen LogP contribution in [0.25, 0.3) is 0 Å². The van der Waals surface area contributed by atoms with Crippen molar-refractivity contribution in [3.05, 3.63) is 35.4 Å². The van der Waals surface area contributed by atoms with Crippen molar-refractivity contribution in [2.45, 2.75) is 31.5 Å². The second kappa shape index (κ2) is 4.11. The lowest BCUT2D eigenvalue weighted by Crippen LogP contribution is -2.38. The van der Waals surface area contributed by atoms with E-state index in [4.69, 9.17) is 4.74 Å². The average Bonchev–Trinajstić information content (AvgIpc) is 2.53. The molecule has 2 atom stereocenters. The first-order valence-corrected chi connectivity index (χ1v) is 5.29. The quantitative estimate of drug-likeness (QED) is 0.839. The molecule has 0 amide bonds. The van der Waals surface area contributed by atoms with Gasteiger partial charge in [0.15, 0.2) is 0 Å². The van der Waals surface area contributed by atoms with Crippen molar-refractivity contribution in [1.82, 2.24) is 0 Å². The zero-order valence-electron chi connectivity index (χ0n) is 9.04. The molecule has 0 bridgehead atoms. The highest BCUT2D eigenvalue weighted by atomic mass is 19.1. The van der Waals surface area contributed by atoms with Crippen LogP contribution in [0.2, 0.25) is 0 Å².